The smallest absolute Gasteiger partial charge is 0.271 e. The minimum absolute atomic E-state index is 0.0776. The second kappa shape index (κ2) is 6.84. The molecule has 3 rings (SSSR count). The van der Waals surface area contributed by atoms with Crippen molar-refractivity contribution >= 4 is 21.8 Å². The van der Waals surface area contributed by atoms with Crippen LogP contribution in [-0.4, -0.2) is 21.3 Å². The summed E-state index contributed by atoms with van der Waals surface area (Å²) in [7, 11) is 0. The van der Waals surface area contributed by atoms with Gasteiger partial charge in [0.2, 0.25) is 0 Å². The number of nitrogens with two attached hydrogens (primary N) is 1. The Hall–Kier alpha value is -2.67. The first kappa shape index (κ1) is 16.2. The number of aromatic amines is 1. The zero-order valence-corrected chi connectivity index (χ0v) is 14.5. The molecular weight excluding hydrogens is 372 g/mol. The monoisotopic (exact) mass is 386 g/mol. The molecule has 24 heavy (non-hydrogen) atoms. The predicted molar refractivity (Wildman–Crippen MR) is 93.5 cm³/mol. The third-order valence-corrected chi connectivity index (χ3v) is 4.12. The highest BCUT2D eigenvalue weighted by Crippen LogP contribution is 2.33. The van der Waals surface area contributed by atoms with Gasteiger partial charge < -0.3 is 10.5 Å². The van der Waals surface area contributed by atoms with Gasteiger partial charge in [-0.15, -0.1) is 0 Å². The van der Waals surface area contributed by atoms with Crippen LogP contribution in [0.5, 0.6) is 5.75 Å². The molecule has 7 heteroatoms. The molecule has 0 atom stereocenters. The Balaban J connectivity index is 1.96. The van der Waals surface area contributed by atoms with Crippen molar-refractivity contribution in [2.75, 3.05) is 0 Å². The van der Waals surface area contributed by atoms with E-state index in [1.165, 1.54) is 0 Å². The fourth-order valence-corrected chi connectivity index (χ4v) is 2.69. The molecule has 3 N–H and O–H groups in total. The Morgan fingerprint density at radius 2 is 2.04 bits per heavy atom. The molecule has 1 heterocycles. The van der Waals surface area contributed by atoms with Gasteiger partial charge in [0.05, 0.1) is 0 Å². The fourth-order valence-electron chi connectivity index (χ4n) is 2.33. The number of nitrogens with zero attached hydrogens (tertiary/aromatic N) is 2. The number of aryl methyl sites for hydroxylation is 1. The molecule has 0 saturated carbocycles. The molecule has 0 spiro atoms. The van der Waals surface area contributed by atoms with E-state index >= 15 is 0 Å². The van der Waals surface area contributed by atoms with E-state index < -0.39 is 5.91 Å². The van der Waals surface area contributed by atoms with Crippen molar-refractivity contribution < 1.29 is 9.53 Å². The van der Waals surface area contributed by atoms with Gasteiger partial charge in [-0.3, -0.25) is 4.79 Å². The van der Waals surface area contributed by atoms with E-state index in [1.807, 2.05) is 49.4 Å². The molecule has 0 aliphatic carbocycles. The zero-order valence-electron chi connectivity index (χ0n) is 12.9. The van der Waals surface area contributed by atoms with Crippen molar-refractivity contribution in [1.82, 2.24) is 15.4 Å². The second-order valence-corrected chi connectivity index (χ2v) is 6.16. The largest absolute Gasteiger partial charge is 0.488 e. The predicted octanol–water partition coefficient (Wildman–Crippen LogP) is 3.22. The summed E-state index contributed by atoms with van der Waals surface area (Å²) in [6, 6.07) is 13.5. The van der Waals surface area contributed by atoms with E-state index in [2.05, 4.69) is 31.3 Å². The second-order valence-electron chi connectivity index (χ2n) is 5.24. The molecule has 1 aromatic heterocycles. The van der Waals surface area contributed by atoms with Crippen molar-refractivity contribution in [3.63, 3.8) is 0 Å². The highest BCUT2D eigenvalue weighted by Gasteiger charge is 2.19. The number of nitrogens with one attached hydrogen (secondary N) is 1. The quantitative estimate of drug-likeness (QED) is 0.703. The van der Waals surface area contributed by atoms with E-state index in [0.29, 0.717) is 23.6 Å². The maximum absolute atomic E-state index is 11.5. The number of hydrogen-bond donors (Lipinski definition) is 2. The molecule has 1 amide bonds. The first-order chi connectivity index (χ1) is 11.6. The van der Waals surface area contributed by atoms with Crippen LogP contribution in [0.4, 0.5) is 0 Å². The highest BCUT2D eigenvalue weighted by molar-refractivity contribution is 9.10. The first-order valence-corrected chi connectivity index (χ1v) is 8.03. The maximum Gasteiger partial charge on any atom is 0.271 e. The van der Waals surface area contributed by atoms with E-state index in [1.54, 1.807) is 0 Å². The van der Waals surface area contributed by atoms with Gasteiger partial charge in [0.25, 0.3) is 5.91 Å². The van der Waals surface area contributed by atoms with Gasteiger partial charge in [0.15, 0.2) is 5.69 Å². The fraction of sp³-hybridized carbons (Fsp3) is 0.118. The van der Waals surface area contributed by atoms with Crippen LogP contribution in [0.1, 0.15) is 21.6 Å². The molecule has 3 aromatic rings. The lowest BCUT2D eigenvalue weighted by atomic mass is 10.1. The van der Waals surface area contributed by atoms with Crippen LogP contribution >= 0.6 is 15.9 Å². The average Bonchev–Trinajstić information content (AvgIpc) is 3.04. The van der Waals surface area contributed by atoms with Crippen molar-refractivity contribution in [3.8, 4) is 17.0 Å². The number of benzene rings is 2. The lowest BCUT2D eigenvalue weighted by molar-refractivity contribution is 0.0996. The number of halogens is 1. The zero-order chi connectivity index (χ0) is 17.1. The number of hydrogen-bond acceptors (Lipinski definition) is 4. The van der Waals surface area contributed by atoms with Gasteiger partial charge in [0.1, 0.15) is 18.1 Å². The lowest BCUT2D eigenvalue weighted by Gasteiger charge is -2.12. The molecule has 0 unspecified atom stereocenters. The topological polar surface area (TPSA) is 93.9 Å². The molecule has 122 valence electrons. The summed E-state index contributed by atoms with van der Waals surface area (Å²) in [5.74, 6) is -0.0542. The SMILES string of the molecule is Cc1ccccc1COc1ccc(Br)cc1-c1n[nH]nc1C(N)=O. The molecule has 0 bridgehead atoms. The Morgan fingerprint density at radius 3 is 2.79 bits per heavy atom. The summed E-state index contributed by atoms with van der Waals surface area (Å²) in [6.07, 6.45) is 0. The first-order valence-electron chi connectivity index (χ1n) is 7.24. The van der Waals surface area contributed by atoms with Crippen LogP contribution in [0.25, 0.3) is 11.3 Å². The molecule has 0 saturated heterocycles. The summed E-state index contributed by atoms with van der Waals surface area (Å²) in [5.41, 5.74) is 8.67. The number of carbonyl (C=O) groups excluding carboxylic acids is 1. The standard InChI is InChI=1S/C17H15BrN4O2/c1-10-4-2-3-5-11(10)9-24-14-7-6-12(18)8-13(14)15-16(17(19)23)21-22-20-15/h2-8H,9H2,1H3,(H2,19,23)(H,20,21,22). The Kier molecular flexibility index (Phi) is 4.61. The van der Waals surface area contributed by atoms with Crippen LogP contribution < -0.4 is 10.5 Å². The number of amides is 1. The number of rotatable bonds is 5. The molecule has 2 aromatic carbocycles. The van der Waals surface area contributed by atoms with Gasteiger partial charge in [-0.2, -0.15) is 15.4 Å². The summed E-state index contributed by atoms with van der Waals surface area (Å²) < 4.78 is 6.80. The third kappa shape index (κ3) is 3.30. The number of carbonyl (C=O) groups is 1. The van der Waals surface area contributed by atoms with Crippen LogP contribution in [0.15, 0.2) is 46.9 Å². The number of primary amides is 1. The minimum atomic E-state index is -0.649. The molecule has 0 fully saturated rings. The lowest BCUT2D eigenvalue weighted by Crippen LogP contribution is -2.13. The Morgan fingerprint density at radius 1 is 1.25 bits per heavy atom. The number of aromatic nitrogens is 3. The van der Waals surface area contributed by atoms with Crippen molar-refractivity contribution in [1.29, 1.82) is 0 Å². The Bertz CT molecular complexity index is 892. The summed E-state index contributed by atoms with van der Waals surface area (Å²) in [4.78, 5) is 11.5. The van der Waals surface area contributed by atoms with Gasteiger partial charge >= 0.3 is 0 Å². The maximum atomic E-state index is 11.5. The van der Waals surface area contributed by atoms with Gasteiger partial charge in [-0.25, -0.2) is 0 Å². The number of ether oxygens (including phenoxy) is 1. The Labute approximate surface area is 147 Å². The molecule has 6 nitrogen and oxygen atoms in total. The van der Waals surface area contributed by atoms with Gasteiger partial charge in [-0.1, -0.05) is 40.2 Å². The van der Waals surface area contributed by atoms with Crippen LogP contribution in [-0.2, 0) is 6.61 Å². The number of H-pyrrole nitrogens is 1. The average molecular weight is 387 g/mol. The van der Waals surface area contributed by atoms with Crippen molar-refractivity contribution in [2.24, 2.45) is 5.73 Å². The summed E-state index contributed by atoms with van der Waals surface area (Å²) in [6.45, 7) is 2.44. The van der Waals surface area contributed by atoms with Crippen LogP contribution in [0.2, 0.25) is 0 Å². The molecular formula is C17H15BrN4O2. The van der Waals surface area contributed by atoms with E-state index in [9.17, 15) is 4.79 Å². The normalized spacial score (nSPS) is 10.6. The van der Waals surface area contributed by atoms with Gasteiger partial charge in [0, 0.05) is 10.0 Å². The molecule has 0 aliphatic heterocycles. The van der Waals surface area contributed by atoms with E-state index in [0.717, 1.165) is 15.6 Å². The minimum Gasteiger partial charge on any atom is -0.488 e. The van der Waals surface area contributed by atoms with Crippen molar-refractivity contribution in [2.45, 2.75) is 13.5 Å². The third-order valence-electron chi connectivity index (χ3n) is 3.62. The van der Waals surface area contributed by atoms with Gasteiger partial charge in [-0.05, 0) is 36.2 Å². The van der Waals surface area contributed by atoms with E-state index in [4.69, 9.17) is 10.5 Å². The van der Waals surface area contributed by atoms with Crippen molar-refractivity contribution in [3.05, 3.63) is 63.8 Å². The van der Waals surface area contributed by atoms with E-state index in [-0.39, 0.29) is 5.69 Å². The van der Waals surface area contributed by atoms with Crippen LogP contribution in [0.3, 0.4) is 0 Å². The highest BCUT2D eigenvalue weighted by atomic mass is 79.9. The van der Waals surface area contributed by atoms with Crippen LogP contribution in [0, 0.1) is 6.92 Å². The molecule has 0 radical (unpaired) electrons. The summed E-state index contributed by atoms with van der Waals surface area (Å²) in [5, 5.41) is 10.3. The summed E-state index contributed by atoms with van der Waals surface area (Å²) >= 11 is 3.42. The molecule has 0 aliphatic rings.